The molecule has 1 N–H and O–H groups in total. The van der Waals surface area contributed by atoms with Crippen molar-refractivity contribution in [2.75, 3.05) is 26.2 Å². The van der Waals surface area contributed by atoms with Crippen LogP contribution in [0.5, 0.6) is 0 Å². The molecular formula is C11H20N2O2. The van der Waals surface area contributed by atoms with Crippen molar-refractivity contribution in [1.82, 2.24) is 9.80 Å². The number of hydrogen-bond acceptors (Lipinski definition) is 3. The average molecular weight is 212 g/mol. The second kappa shape index (κ2) is 4.49. The Morgan fingerprint density at radius 2 is 2.20 bits per heavy atom. The third-order valence-electron chi connectivity index (χ3n) is 3.19. The quantitative estimate of drug-likeness (QED) is 0.717. The van der Waals surface area contributed by atoms with Crippen molar-refractivity contribution in [3.05, 3.63) is 0 Å². The van der Waals surface area contributed by atoms with Crippen molar-refractivity contribution in [3.63, 3.8) is 0 Å². The summed E-state index contributed by atoms with van der Waals surface area (Å²) in [4.78, 5) is 15.9. The average Bonchev–Trinajstić information content (AvgIpc) is 2.98. The summed E-state index contributed by atoms with van der Waals surface area (Å²) in [5.74, 6) is 0.273. The van der Waals surface area contributed by atoms with E-state index in [9.17, 15) is 9.90 Å². The predicted octanol–water partition coefficient (Wildman–Crippen LogP) is 0.0639. The van der Waals surface area contributed by atoms with E-state index in [2.05, 4.69) is 4.90 Å². The highest BCUT2D eigenvalue weighted by Crippen LogP contribution is 2.27. The molecule has 86 valence electrons. The lowest BCUT2D eigenvalue weighted by atomic mass is 10.2. The minimum atomic E-state index is -0.262. The summed E-state index contributed by atoms with van der Waals surface area (Å²) in [6.45, 7) is 5.02. The standard InChI is InChI=1S/C11H20N2O2/c1-9(14)4-5-12-6-7-13(10-2-3-10)11(15)8-12/h9-10,14H,2-8H2,1H3. The Hall–Kier alpha value is -0.610. The van der Waals surface area contributed by atoms with Gasteiger partial charge in [0.05, 0.1) is 12.6 Å². The van der Waals surface area contributed by atoms with Crippen molar-refractivity contribution in [3.8, 4) is 0 Å². The largest absolute Gasteiger partial charge is 0.393 e. The first-order valence-corrected chi connectivity index (χ1v) is 5.86. The maximum absolute atomic E-state index is 11.8. The molecule has 1 aliphatic heterocycles. The van der Waals surface area contributed by atoms with Crippen molar-refractivity contribution in [2.24, 2.45) is 0 Å². The summed E-state index contributed by atoms with van der Waals surface area (Å²) in [5.41, 5.74) is 0. The van der Waals surface area contributed by atoms with Crippen molar-refractivity contribution < 1.29 is 9.90 Å². The van der Waals surface area contributed by atoms with Gasteiger partial charge < -0.3 is 10.0 Å². The molecule has 15 heavy (non-hydrogen) atoms. The fraction of sp³-hybridized carbons (Fsp3) is 0.909. The van der Waals surface area contributed by atoms with Gasteiger partial charge in [0, 0.05) is 25.7 Å². The van der Waals surface area contributed by atoms with Gasteiger partial charge in [0.15, 0.2) is 0 Å². The number of hydrogen-bond donors (Lipinski definition) is 1. The van der Waals surface area contributed by atoms with Crippen LogP contribution in [0.25, 0.3) is 0 Å². The molecule has 4 heteroatoms. The van der Waals surface area contributed by atoms with Crippen LogP contribution in [-0.2, 0) is 4.79 Å². The molecule has 1 saturated heterocycles. The van der Waals surface area contributed by atoms with E-state index in [1.807, 2.05) is 4.90 Å². The third kappa shape index (κ3) is 2.92. The Bertz CT molecular complexity index is 239. The van der Waals surface area contributed by atoms with E-state index < -0.39 is 0 Å². The van der Waals surface area contributed by atoms with E-state index in [1.54, 1.807) is 6.92 Å². The summed E-state index contributed by atoms with van der Waals surface area (Å²) in [7, 11) is 0. The van der Waals surface area contributed by atoms with E-state index >= 15 is 0 Å². The second-order valence-electron chi connectivity index (χ2n) is 4.73. The lowest BCUT2D eigenvalue weighted by Crippen LogP contribution is -2.51. The molecule has 2 aliphatic rings. The molecule has 0 radical (unpaired) electrons. The zero-order chi connectivity index (χ0) is 10.8. The monoisotopic (exact) mass is 212 g/mol. The van der Waals surface area contributed by atoms with Gasteiger partial charge >= 0.3 is 0 Å². The Kier molecular flexibility index (Phi) is 3.26. The fourth-order valence-electron chi connectivity index (χ4n) is 2.07. The number of amides is 1. The zero-order valence-corrected chi connectivity index (χ0v) is 9.35. The molecule has 0 aromatic heterocycles. The predicted molar refractivity (Wildman–Crippen MR) is 57.5 cm³/mol. The van der Waals surface area contributed by atoms with Gasteiger partial charge in [0.25, 0.3) is 0 Å². The highest BCUT2D eigenvalue weighted by molar-refractivity contribution is 5.79. The number of piperazine rings is 1. The minimum Gasteiger partial charge on any atom is -0.393 e. The van der Waals surface area contributed by atoms with Crippen LogP contribution in [0, 0.1) is 0 Å². The highest BCUT2D eigenvalue weighted by atomic mass is 16.3. The van der Waals surface area contributed by atoms with Crippen LogP contribution in [0.1, 0.15) is 26.2 Å². The van der Waals surface area contributed by atoms with Crippen LogP contribution in [0.4, 0.5) is 0 Å². The van der Waals surface area contributed by atoms with Crippen LogP contribution >= 0.6 is 0 Å². The maximum atomic E-state index is 11.8. The molecule has 2 rings (SSSR count). The summed E-state index contributed by atoms with van der Waals surface area (Å²) < 4.78 is 0. The lowest BCUT2D eigenvalue weighted by molar-refractivity contribution is -0.136. The van der Waals surface area contributed by atoms with Gasteiger partial charge in [-0.15, -0.1) is 0 Å². The first-order valence-electron chi connectivity index (χ1n) is 5.86. The Labute approximate surface area is 90.9 Å². The van der Waals surface area contributed by atoms with Gasteiger partial charge in [-0.1, -0.05) is 0 Å². The van der Waals surface area contributed by atoms with Gasteiger partial charge in [-0.25, -0.2) is 0 Å². The summed E-state index contributed by atoms with van der Waals surface area (Å²) >= 11 is 0. The van der Waals surface area contributed by atoms with Crippen LogP contribution in [0.2, 0.25) is 0 Å². The number of carbonyl (C=O) groups excluding carboxylic acids is 1. The molecule has 1 heterocycles. The van der Waals surface area contributed by atoms with E-state index in [0.717, 1.165) is 26.1 Å². The molecule has 1 amide bonds. The molecule has 4 nitrogen and oxygen atoms in total. The van der Waals surface area contributed by atoms with Gasteiger partial charge in [0.1, 0.15) is 0 Å². The number of rotatable bonds is 4. The normalized spacial score (nSPS) is 25.7. The molecular weight excluding hydrogens is 192 g/mol. The van der Waals surface area contributed by atoms with Crippen molar-refractivity contribution in [1.29, 1.82) is 0 Å². The van der Waals surface area contributed by atoms with E-state index in [4.69, 9.17) is 0 Å². The number of aliphatic hydroxyl groups is 1. The molecule has 2 fully saturated rings. The topological polar surface area (TPSA) is 43.8 Å². The molecule has 0 spiro atoms. The highest BCUT2D eigenvalue weighted by Gasteiger charge is 2.35. The van der Waals surface area contributed by atoms with Gasteiger partial charge in [0.2, 0.25) is 5.91 Å². The smallest absolute Gasteiger partial charge is 0.237 e. The fourth-order valence-corrected chi connectivity index (χ4v) is 2.07. The van der Waals surface area contributed by atoms with E-state index in [1.165, 1.54) is 12.8 Å². The molecule has 0 aromatic rings. The Balaban J connectivity index is 1.75. The molecule has 1 atom stereocenters. The third-order valence-corrected chi connectivity index (χ3v) is 3.19. The lowest BCUT2D eigenvalue weighted by Gasteiger charge is -2.34. The van der Waals surface area contributed by atoms with Gasteiger partial charge in [-0.05, 0) is 26.2 Å². The van der Waals surface area contributed by atoms with Crippen molar-refractivity contribution >= 4 is 5.91 Å². The Morgan fingerprint density at radius 1 is 1.47 bits per heavy atom. The number of aliphatic hydroxyl groups excluding tert-OH is 1. The Morgan fingerprint density at radius 3 is 2.73 bits per heavy atom. The van der Waals surface area contributed by atoms with Crippen LogP contribution in [-0.4, -0.2) is 59.1 Å². The van der Waals surface area contributed by atoms with Crippen LogP contribution in [0.15, 0.2) is 0 Å². The minimum absolute atomic E-state index is 0.262. The van der Waals surface area contributed by atoms with Crippen LogP contribution in [0.3, 0.4) is 0 Å². The molecule has 1 aliphatic carbocycles. The maximum Gasteiger partial charge on any atom is 0.237 e. The first-order chi connectivity index (χ1) is 7.16. The van der Waals surface area contributed by atoms with Gasteiger partial charge in [-0.3, -0.25) is 9.69 Å². The summed E-state index contributed by atoms with van der Waals surface area (Å²) in [6.07, 6.45) is 2.89. The first kappa shape index (κ1) is 10.9. The van der Waals surface area contributed by atoms with E-state index in [0.29, 0.717) is 12.6 Å². The number of nitrogens with zero attached hydrogens (tertiary/aromatic N) is 2. The number of carbonyl (C=O) groups is 1. The summed E-state index contributed by atoms with van der Waals surface area (Å²) in [6, 6.07) is 0.552. The van der Waals surface area contributed by atoms with Crippen LogP contribution < -0.4 is 0 Å². The molecule has 0 bridgehead atoms. The van der Waals surface area contributed by atoms with Gasteiger partial charge in [-0.2, -0.15) is 0 Å². The zero-order valence-electron chi connectivity index (χ0n) is 9.35. The van der Waals surface area contributed by atoms with Crippen molar-refractivity contribution in [2.45, 2.75) is 38.3 Å². The molecule has 1 saturated carbocycles. The SMILES string of the molecule is CC(O)CCN1CCN(C2CC2)C(=O)C1. The summed E-state index contributed by atoms with van der Waals surface area (Å²) in [5, 5.41) is 9.18. The molecule has 0 aromatic carbocycles. The second-order valence-corrected chi connectivity index (χ2v) is 4.73. The van der Waals surface area contributed by atoms with E-state index in [-0.39, 0.29) is 12.0 Å². The molecule has 1 unspecified atom stereocenters.